The van der Waals surface area contributed by atoms with Crippen LogP contribution in [0.4, 0.5) is 0 Å². The van der Waals surface area contributed by atoms with Crippen molar-refractivity contribution in [2.75, 3.05) is 33.4 Å². The van der Waals surface area contributed by atoms with Gasteiger partial charge in [0.2, 0.25) is 0 Å². The van der Waals surface area contributed by atoms with Crippen LogP contribution in [0.1, 0.15) is 22.8 Å². The van der Waals surface area contributed by atoms with E-state index in [1.54, 1.807) is 35.2 Å². The number of rotatable bonds is 6. The van der Waals surface area contributed by atoms with Crippen LogP contribution < -0.4 is 10.1 Å². The van der Waals surface area contributed by atoms with Crippen molar-refractivity contribution in [2.45, 2.75) is 13.5 Å². The van der Waals surface area contributed by atoms with Crippen molar-refractivity contribution >= 4 is 28.8 Å². The number of carbonyl (C=O) groups excluding carboxylic acids is 2. The number of nitrogens with one attached hydrogen (secondary N) is 1. The number of ether oxygens (including phenoxy) is 2. The lowest BCUT2D eigenvalue weighted by atomic mass is 10.1. The summed E-state index contributed by atoms with van der Waals surface area (Å²) in [7, 11) is 1.52. The molecule has 7 heteroatoms. The highest BCUT2D eigenvalue weighted by Gasteiger charge is 2.24. The summed E-state index contributed by atoms with van der Waals surface area (Å²) >= 11 is 0. The zero-order chi connectivity index (χ0) is 22.5. The molecule has 0 atom stereocenters. The van der Waals surface area contributed by atoms with Gasteiger partial charge in [-0.05, 0) is 31.2 Å². The number of hydrogen-bond acceptors (Lipinski definition) is 4. The summed E-state index contributed by atoms with van der Waals surface area (Å²) in [5.41, 5.74) is 2.54. The molecule has 1 saturated heterocycles. The Bertz CT molecular complexity index is 1160. The van der Waals surface area contributed by atoms with Gasteiger partial charge in [0.1, 0.15) is 11.4 Å². The van der Waals surface area contributed by atoms with E-state index in [1.165, 1.54) is 7.11 Å². The molecule has 3 aromatic rings. The average molecular weight is 434 g/mol. The van der Waals surface area contributed by atoms with Crippen LogP contribution in [0.15, 0.2) is 60.4 Å². The van der Waals surface area contributed by atoms with E-state index in [-0.39, 0.29) is 11.6 Å². The molecule has 0 saturated carbocycles. The molecule has 7 nitrogen and oxygen atoms in total. The lowest BCUT2D eigenvalue weighted by Crippen LogP contribution is -2.44. The number of aromatic nitrogens is 1. The van der Waals surface area contributed by atoms with Crippen LogP contribution in [0.3, 0.4) is 0 Å². The topological polar surface area (TPSA) is 72.8 Å². The predicted octanol–water partition coefficient (Wildman–Crippen LogP) is 3.30. The van der Waals surface area contributed by atoms with E-state index < -0.39 is 5.91 Å². The fourth-order valence-corrected chi connectivity index (χ4v) is 3.92. The van der Waals surface area contributed by atoms with Crippen molar-refractivity contribution < 1.29 is 19.1 Å². The number of benzene rings is 2. The van der Waals surface area contributed by atoms with Crippen LogP contribution in [-0.4, -0.2) is 54.7 Å². The summed E-state index contributed by atoms with van der Waals surface area (Å²) in [5.74, 6) is -0.176. The van der Waals surface area contributed by atoms with Crippen molar-refractivity contribution in [3.8, 4) is 5.75 Å². The maximum Gasteiger partial charge on any atom is 0.270 e. The Kier molecular flexibility index (Phi) is 6.56. The SMILES string of the molecule is CCn1cc(/C=C(\NC(=O)c2ccccc2OC)C(=O)N2CCOCC2)c2ccccc21. The molecule has 0 aliphatic carbocycles. The number of para-hydroxylation sites is 2. The summed E-state index contributed by atoms with van der Waals surface area (Å²) < 4.78 is 12.8. The molecule has 1 aliphatic heterocycles. The van der Waals surface area contributed by atoms with E-state index >= 15 is 0 Å². The Morgan fingerprint density at radius 3 is 2.56 bits per heavy atom. The summed E-state index contributed by atoms with van der Waals surface area (Å²) in [4.78, 5) is 28.2. The molecule has 0 unspecified atom stereocenters. The second-order valence-corrected chi connectivity index (χ2v) is 7.50. The van der Waals surface area contributed by atoms with Gasteiger partial charge in [0.15, 0.2) is 0 Å². The van der Waals surface area contributed by atoms with Gasteiger partial charge >= 0.3 is 0 Å². The standard InChI is InChI=1S/C25H27N3O4/c1-3-27-17-18(19-8-4-6-10-22(19)27)16-21(25(30)28-12-14-32-15-13-28)26-24(29)20-9-5-7-11-23(20)31-2/h4-11,16-17H,3,12-15H2,1-2H3,(H,26,29)/b21-16-. The van der Waals surface area contributed by atoms with Gasteiger partial charge in [-0.2, -0.15) is 0 Å². The number of amides is 2. The van der Waals surface area contributed by atoms with Crippen molar-refractivity contribution in [3.05, 3.63) is 71.6 Å². The Morgan fingerprint density at radius 2 is 1.81 bits per heavy atom. The summed E-state index contributed by atoms with van der Waals surface area (Å²) in [6, 6.07) is 15.0. The number of carbonyl (C=O) groups is 2. The van der Waals surface area contributed by atoms with Crippen LogP contribution in [0.2, 0.25) is 0 Å². The van der Waals surface area contributed by atoms with Gasteiger partial charge in [-0.15, -0.1) is 0 Å². The fraction of sp³-hybridized carbons (Fsp3) is 0.280. The molecule has 166 valence electrons. The van der Waals surface area contributed by atoms with Gasteiger partial charge in [-0.1, -0.05) is 30.3 Å². The Hall–Kier alpha value is -3.58. The summed E-state index contributed by atoms with van der Waals surface area (Å²) in [6.45, 7) is 4.80. The van der Waals surface area contributed by atoms with Crippen LogP contribution in [-0.2, 0) is 16.1 Å². The smallest absolute Gasteiger partial charge is 0.270 e. The maximum absolute atomic E-state index is 13.4. The van der Waals surface area contributed by atoms with E-state index in [0.29, 0.717) is 37.6 Å². The van der Waals surface area contributed by atoms with Crippen molar-refractivity contribution in [3.63, 3.8) is 0 Å². The first-order valence-electron chi connectivity index (χ1n) is 10.7. The molecule has 0 bridgehead atoms. The molecular weight excluding hydrogens is 406 g/mol. The van der Waals surface area contributed by atoms with Gasteiger partial charge in [-0.25, -0.2) is 0 Å². The van der Waals surface area contributed by atoms with Gasteiger partial charge in [-0.3, -0.25) is 9.59 Å². The third-order valence-electron chi connectivity index (χ3n) is 5.59. The average Bonchev–Trinajstić information content (AvgIpc) is 3.21. The zero-order valence-corrected chi connectivity index (χ0v) is 18.3. The molecule has 0 spiro atoms. The molecule has 2 amide bonds. The minimum absolute atomic E-state index is 0.224. The van der Waals surface area contributed by atoms with E-state index in [9.17, 15) is 9.59 Å². The zero-order valence-electron chi connectivity index (χ0n) is 18.3. The lowest BCUT2D eigenvalue weighted by Gasteiger charge is -2.28. The molecule has 1 aliphatic rings. The van der Waals surface area contributed by atoms with Crippen molar-refractivity contribution in [1.29, 1.82) is 0 Å². The predicted molar refractivity (Wildman–Crippen MR) is 123 cm³/mol. The number of methoxy groups -OCH3 is 1. The van der Waals surface area contributed by atoms with E-state index in [0.717, 1.165) is 23.0 Å². The first-order chi connectivity index (χ1) is 15.6. The van der Waals surface area contributed by atoms with Crippen molar-refractivity contribution in [1.82, 2.24) is 14.8 Å². The van der Waals surface area contributed by atoms with Gasteiger partial charge in [0.05, 0.1) is 25.9 Å². The first-order valence-corrected chi connectivity index (χ1v) is 10.7. The van der Waals surface area contributed by atoms with Crippen LogP contribution in [0, 0.1) is 0 Å². The van der Waals surface area contributed by atoms with E-state index in [4.69, 9.17) is 9.47 Å². The second-order valence-electron chi connectivity index (χ2n) is 7.50. The second kappa shape index (κ2) is 9.70. The van der Waals surface area contributed by atoms with E-state index in [1.807, 2.05) is 30.5 Å². The van der Waals surface area contributed by atoms with Crippen molar-refractivity contribution in [2.24, 2.45) is 0 Å². The monoisotopic (exact) mass is 433 g/mol. The van der Waals surface area contributed by atoms with Gasteiger partial charge in [0, 0.05) is 42.3 Å². The molecule has 2 heterocycles. The van der Waals surface area contributed by atoms with Crippen LogP contribution in [0.5, 0.6) is 5.75 Å². The molecule has 0 radical (unpaired) electrons. The van der Waals surface area contributed by atoms with Crippen LogP contribution in [0.25, 0.3) is 17.0 Å². The molecule has 1 N–H and O–H groups in total. The molecule has 2 aromatic carbocycles. The summed E-state index contributed by atoms with van der Waals surface area (Å²) in [6.07, 6.45) is 3.77. The van der Waals surface area contributed by atoms with E-state index in [2.05, 4.69) is 16.8 Å². The molecule has 32 heavy (non-hydrogen) atoms. The molecule has 4 rings (SSSR count). The number of morpholine rings is 1. The molecule has 1 fully saturated rings. The highest BCUT2D eigenvalue weighted by atomic mass is 16.5. The molecule has 1 aromatic heterocycles. The fourth-order valence-electron chi connectivity index (χ4n) is 3.92. The highest BCUT2D eigenvalue weighted by Crippen LogP contribution is 2.24. The Morgan fingerprint density at radius 1 is 1.09 bits per heavy atom. The van der Waals surface area contributed by atoms with Crippen LogP contribution >= 0.6 is 0 Å². The third kappa shape index (κ3) is 4.38. The first kappa shape index (κ1) is 21.6. The largest absolute Gasteiger partial charge is 0.496 e. The van der Waals surface area contributed by atoms with Gasteiger partial charge in [0.25, 0.3) is 11.8 Å². The molecular formula is C25H27N3O4. The lowest BCUT2D eigenvalue weighted by molar-refractivity contribution is -0.131. The minimum atomic E-state index is -0.394. The maximum atomic E-state index is 13.4. The highest BCUT2D eigenvalue weighted by molar-refractivity contribution is 6.07. The number of hydrogen-bond donors (Lipinski definition) is 1. The number of nitrogens with zero attached hydrogens (tertiary/aromatic N) is 2. The third-order valence-corrected chi connectivity index (χ3v) is 5.59. The Labute approximate surface area is 187 Å². The minimum Gasteiger partial charge on any atom is -0.496 e. The number of fused-ring (bicyclic) bond motifs is 1. The normalized spacial score (nSPS) is 14.4. The summed E-state index contributed by atoms with van der Waals surface area (Å²) in [5, 5.41) is 3.87. The Balaban J connectivity index is 1.74. The quantitative estimate of drug-likeness (QED) is 0.606. The van der Waals surface area contributed by atoms with Gasteiger partial charge < -0.3 is 24.3 Å². The number of aryl methyl sites for hydroxylation is 1.